The molecule has 0 aliphatic heterocycles. The molecule has 7 heteroatoms. The Morgan fingerprint density at radius 1 is 1.09 bits per heavy atom. The average Bonchev–Trinajstić information content (AvgIpc) is 2.58. The third-order valence-electron chi connectivity index (χ3n) is 3.30. The van der Waals surface area contributed by atoms with E-state index >= 15 is 0 Å². The molecular weight excluding hydrogens is 296 g/mol. The van der Waals surface area contributed by atoms with Gasteiger partial charge in [-0.2, -0.15) is 5.10 Å². The first-order valence-corrected chi connectivity index (χ1v) is 6.88. The molecule has 0 radical (unpaired) electrons. The van der Waals surface area contributed by atoms with E-state index in [0.717, 1.165) is 5.56 Å². The summed E-state index contributed by atoms with van der Waals surface area (Å²) < 4.78 is 0. The molecular formula is C16H12N4O3. The first-order valence-electron chi connectivity index (χ1n) is 6.88. The molecule has 0 fully saturated rings. The summed E-state index contributed by atoms with van der Waals surface area (Å²) in [5.41, 5.74) is 1.31. The van der Waals surface area contributed by atoms with Gasteiger partial charge in [0.05, 0.1) is 4.92 Å². The topological polar surface area (TPSA) is 102 Å². The normalized spacial score (nSPS) is 10.4. The fourth-order valence-electron chi connectivity index (χ4n) is 2.17. The number of non-ortho nitro benzene ring substituents is 1. The molecule has 0 saturated heterocycles. The maximum absolute atomic E-state index is 11.9. The van der Waals surface area contributed by atoms with Crippen molar-refractivity contribution in [2.45, 2.75) is 6.42 Å². The van der Waals surface area contributed by atoms with Crippen LogP contribution in [0.5, 0.6) is 0 Å². The van der Waals surface area contributed by atoms with Crippen molar-refractivity contribution < 1.29 is 4.92 Å². The molecule has 1 heterocycles. The number of nitrogens with zero attached hydrogens (tertiary/aromatic N) is 3. The fraction of sp³-hybridized carbons (Fsp3) is 0.0625. The van der Waals surface area contributed by atoms with E-state index in [9.17, 15) is 14.9 Å². The van der Waals surface area contributed by atoms with Gasteiger partial charge in [0.2, 0.25) is 0 Å². The lowest BCUT2D eigenvalue weighted by molar-refractivity contribution is -0.384. The molecule has 114 valence electrons. The highest BCUT2D eigenvalue weighted by Crippen LogP contribution is 2.20. The number of aromatic nitrogens is 3. The van der Waals surface area contributed by atoms with Crippen molar-refractivity contribution >= 4 is 5.69 Å². The molecule has 0 saturated carbocycles. The zero-order valence-corrected chi connectivity index (χ0v) is 12.0. The number of benzene rings is 2. The zero-order valence-electron chi connectivity index (χ0n) is 12.0. The van der Waals surface area contributed by atoms with Crippen LogP contribution in [0.25, 0.3) is 11.4 Å². The predicted octanol–water partition coefficient (Wildman–Crippen LogP) is 2.33. The van der Waals surface area contributed by atoms with Crippen molar-refractivity contribution in [1.29, 1.82) is 0 Å². The standard InChI is InChI=1S/C16H12N4O3/c21-16-14(9-11-5-2-1-3-6-11)17-15(18-19-16)12-7-4-8-13(10-12)20(22)23/h1-8,10H,9H2,(H,19,21). The summed E-state index contributed by atoms with van der Waals surface area (Å²) in [5.74, 6) is 0.249. The van der Waals surface area contributed by atoms with Gasteiger partial charge in [0, 0.05) is 24.1 Å². The van der Waals surface area contributed by atoms with E-state index in [-0.39, 0.29) is 17.1 Å². The van der Waals surface area contributed by atoms with Crippen LogP contribution in [0.4, 0.5) is 5.69 Å². The maximum atomic E-state index is 11.9. The second-order valence-electron chi connectivity index (χ2n) is 4.90. The Labute approximate surface area is 130 Å². The number of nitro benzene ring substituents is 1. The van der Waals surface area contributed by atoms with E-state index in [1.807, 2.05) is 30.3 Å². The molecule has 3 aromatic rings. The molecule has 1 N–H and O–H groups in total. The Kier molecular flexibility index (Phi) is 3.92. The molecule has 0 atom stereocenters. The smallest absolute Gasteiger partial charge is 0.266 e. The first kappa shape index (κ1) is 14.6. The van der Waals surface area contributed by atoms with Gasteiger partial charge in [-0.05, 0) is 5.56 Å². The Morgan fingerprint density at radius 3 is 2.61 bits per heavy atom. The summed E-state index contributed by atoms with van der Waals surface area (Å²) in [6.07, 6.45) is 0.362. The van der Waals surface area contributed by atoms with Crippen LogP contribution >= 0.6 is 0 Å². The summed E-state index contributed by atoms with van der Waals surface area (Å²) in [6.45, 7) is 0. The lowest BCUT2D eigenvalue weighted by Crippen LogP contribution is -2.18. The lowest BCUT2D eigenvalue weighted by Gasteiger charge is -2.03. The summed E-state index contributed by atoms with van der Waals surface area (Å²) in [5, 5.41) is 17.1. The average molecular weight is 308 g/mol. The van der Waals surface area contributed by atoms with E-state index in [4.69, 9.17) is 0 Å². The minimum absolute atomic E-state index is 0.0538. The van der Waals surface area contributed by atoms with Crippen LogP contribution in [0.1, 0.15) is 11.3 Å². The van der Waals surface area contributed by atoms with Gasteiger partial charge in [-0.25, -0.2) is 10.1 Å². The van der Waals surface area contributed by atoms with Gasteiger partial charge in [0.15, 0.2) is 5.82 Å². The van der Waals surface area contributed by atoms with E-state index in [1.54, 1.807) is 12.1 Å². The van der Waals surface area contributed by atoms with Crippen LogP contribution in [0, 0.1) is 10.1 Å². The summed E-state index contributed by atoms with van der Waals surface area (Å²) in [4.78, 5) is 26.5. The fourth-order valence-corrected chi connectivity index (χ4v) is 2.17. The Bertz CT molecular complexity index is 906. The number of nitro groups is 1. The monoisotopic (exact) mass is 308 g/mol. The number of rotatable bonds is 4. The molecule has 0 bridgehead atoms. The second kappa shape index (κ2) is 6.18. The number of nitrogens with one attached hydrogen (secondary N) is 1. The SMILES string of the molecule is O=c1[nH]nc(-c2cccc([N+](=O)[O-])c2)nc1Cc1ccccc1. The van der Waals surface area contributed by atoms with Gasteiger partial charge < -0.3 is 0 Å². The molecule has 7 nitrogen and oxygen atoms in total. The van der Waals surface area contributed by atoms with Crippen LogP contribution in [0.15, 0.2) is 59.4 Å². The van der Waals surface area contributed by atoms with E-state index in [1.165, 1.54) is 12.1 Å². The van der Waals surface area contributed by atoms with Crippen molar-refractivity contribution in [1.82, 2.24) is 15.2 Å². The summed E-state index contributed by atoms with van der Waals surface area (Å²) >= 11 is 0. The molecule has 0 spiro atoms. The first-order chi connectivity index (χ1) is 11.1. The number of hydrogen-bond donors (Lipinski definition) is 1. The van der Waals surface area contributed by atoms with Crippen LogP contribution in [-0.2, 0) is 6.42 Å². The van der Waals surface area contributed by atoms with Crippen molar-refractivity contribution in [3.8, 4) is 11.4 Å². The number of aromatic amines is 1. The van der Waals surface area contributed by atoms with E-state index in [0.29, 0.717) is 17.7 Å². The van der Waals surface area contributed by atoms with Crippen LogP contribution in [0.3, 0.4) is 0 Å². The van der Waals surface area contributed by atoms with Crippen LogP contribution in [0.2, 0.25) is 0 Å². The quantitative estimate of drug-likeness (QED) is 0.588. The van der Waals surface area contributed by atoms with E-state index < -0.39 is 4.92 Å². The van der Waals surface area contributed by atoms with Gasteiger partial charge in [-0.1, -0.05) is 42.5 Å². The van der Waals surface area contributed by atoms with Crippen molar-refractivity contribution in [3.05, 3.63) is 86.3 Å². The van der Waals surface area contributed by atoms with E-state index in [2.05, 4.69) is 15.2 Å². The van der Waals surface area contributed by atoms with Crippen molar-refractivity contribution in [3.63, 3.8) is 0 Å². The minimum atomic E-state index is -0.486. The highest BCUT2D eigenvalue weighted by molar-refractivity contribution is 5.58. The second-order valence-corrected chi connectivity index (χ2v) is 4.90. The maximum Gasteiger partial charge on any atom is 0.286 e. The molecule has 0 aliphatic carbocycles. The van der Waals surface area contributed by atoms with Crippen molar-refractivity contribution in [2.75, 3.05) is 0 Å². The third-order valence-corrected chi connectivity index (χ3v) is 3.30. The number of hydrogen-bond acceptors (Lipinski definition) is 5. The lowest BCUT2D eigenvalue weighted by atomic mass is 10.1. The molecule has 0 amide bonds. The molecule has 0 unspecified atom stereocenters. The summed E-state index contributed by atoms with van der Waals surface area (Å²) in [6, 6.07) is 15.4. The molecule has 23 heavy (non-hydrogen) atoms. The summed E-state index contributed by atoms with van der Waals surface area (Å²) in [7, 11) is 0. The Balaban J connectivity index is 1.99. The predicted molar refractivity (Wildman–Crippen MR) is 84.0 cm³/mol. The zero-order chi connectivity index (χ0) is 16.2. The van der Waals surface area contributed by atoms with Gasteiger partial charge in [0.25, 0.3) is 11.2 Å². The molecule has 2 aromatic carbocycles. The van der Waals surface area contributed by atoms with Gasteiger partial charge in [-0.3, -0.25) is 14.9 Å². The highest BCUT2D eigenvalue weighted by Gasteiger charge is 2.11. The highest BCUT2D eigenvalue weighted by atomic mass is 16.6. The third kappa shape index (κ3) is 3.29. The van der Waals surface area contributed by atoms with Crippen LogP contribution < -0.4 is 5.56 Å². The number of H-pyrrole nitrogens is 1. The molecule has 0 aliphatic rings. The Morgan fingerprint density at radius 2 is 1.87 bits per heavy atom. The molecule has 3 rings (SSSR count). The van der Waals surface area contributed by atoms with Gasteiger partial charge in [-0.15, -0.1) is 0 Å². The van der Waals surface area contributed by atoms with Gasteiger partial charge >= 0.3 is 0 Å². The minimum Gasteiger partial charge on any atom is -0.266 e. The molecule has 1 aromatic heterocycles. The van der Waals surface area contributed by atoms with Gasteiger partial charge in [0.1, 0.15) is 5.69 Å². The Hall–Kier alpha value is -3.35. The van der Waals surface area contributed by atoms with Crippen LogP contribution in [-0.4, -0.2) is 20.1 Å². The van der Waals surface area contributed by atoms with Crippen molar-refractivity contribution in [2.24, 2.45) is 0 Å². The largest absolute Gasteiger partial charge is 0.286 e.